The monoisotopic (exact) mass is 286 g/mol. The Bertz CT molecular complexity index is 365. The van der Waals surface area contributed by atoms with Crippen LogP contribution in [0.4, 0.5) is 0 Å². The number of rotatable bonds is 5. The van der Waals surface area contributed by atoms with Gasteiger partial charge in [-0.3, -0.25) is 4.79 Å². The molecule has 2 N–H and O–H groups in total. The highest BCUT2D eigenvalue weighted by atomic mass is 79.9. The number of aliphatic hydroxyl groups is 2. The minimum atomic E-state index is -0.925. The predicted molar refractivity (Wildman–Crippen MR) is 65.6 cm³/mol. The molecule has 1 rings (SSSR count). The van der Waals surface area contributed by atoms with Crippen molar-refractivity contribution in [3.8, 4) is 0 Å². The van der Waals surface area contributed by atoms with E-state index < -0.39 is 12.2 Å². The van der Waals surface area contributed by atoms with Gasteiger partial charge in [0, 0.05) is 11.8 Å². The summed E-state index contributed by atoms with van der Waals surface area (Å²) in [5.41, 5.74) is 1.48. The maximum atomic E-state index is 11.0. The summed E-state index contributed by atoms with van der Waals surface area (Å²) in [7, 11) is 0. The van der Waals surface area contributed by atoms with Crippen molar-refractivity contribution < 1.29 is 15.0 Å². The lowest BCUT2D eigenvalue weighted by molar-refractivity contribution is -0.116. The standard InChI is InChI=1S/C12H15BrO3/c1-8(14)5-9-3-2-4-10(6-9)12(16)11(15)7-13/h2-4,6,11-12,15-16H,5,7H2,1H3. The second-order valence-corrected chi connectivity index (χ2v) is 4.44. The molecule has 0 aliphatic rings. The molecule has 0 aromatic heterocycles. The minimum Gasteiger partial charge on any atom is -0.389 e. The van der Waals surface area contributed by atoms with E-state index in [0.717, 1.165) is 5.56 Å². The lowest BCUT2D eigenvalue weighted by Gasteiger charge is -2.16. The van der Waals surface area contributed by atoms with Crippen LogP contribution in [0.3, 0.4) is 0 Å². The smallest absolute Gasteiger partial charge is 0.134 e. The molecule has 2 atom stereocenters. The molecule has 2 unspecified atom stereocenters. The van der Waals surface area contributed by atoms with Crippen molar-refractivity contribution in [1.29, 1.82) is 0 Å². The Morgan fingerprint density at radius 1 is 1.44 bits per heavy atom. The summed E-state index contributed by atoms with van der Waals surface area (Å²) in [6, 6.07) is 7.09. The van der Waals surface area contributed by atoms with Gasteiger partial charge in [-0.15, -0.1) is 0 Å². The van der Waals surface area contributed by atoms with Crippen LogP contribution in [-0.4, -0.2) is 27.4 Å². The van der Waals surface area contributed by atoms with Crippen LogP contribution >= 0.6 is 15.9 Å². The number of carbonyl (C=O) groups is 1. The van der Waals surface area contributed by atoms with Gasteiger partial charge in [0.2, 0.25) is 0 Å². The Balaban J connectivity index is 2.85. The third-order valence-electron chi connectivity index (χ3n) is 2.27. The Morgan fingerprint density at radius 3 is 2.69 bits per heavy atom. The number of ketones is 1. The third kappa shape index (κ3) is 3.70. The zero-order valence-electron chi connectivity index (χ0n) is 9.06. The van der Waals surface area contributed by atoms with Crippen LogP contribution in [0.15, 0.2) is 24.3 Å². The van der Waals surface area contributed by atoms with Crippen LogP contribution in [0.1, 0.15) is 24.2 Å². The van der Waals surface area contributed by atoms with Gasteiger partial charge in [0.15, 0.2) is 0 Å². The molecule has 4 heteroatoms. The molecule has 1 aromatic rings. The fourth-order valence-electron chi connectivity index (χ4n) is 1.48. The summed E-state index contributed by atoms with van der Waals surface area (Å²) >= 11 is 3.11. The SMILES string of the molecule is CC(=O)Cc1cccc(C(O)C(O)CBr)c1. The lowest BCUT2D eigenvalue weighted by atomic mass is 10.0. The molecule has 0 bridgehead atoms. The maximum Gasteiger partial charge on any atom is 0.134 e. The number of benzene rings is 1. The summed E-state index contributed by atoms with van der Waals surface area (Å²) in [4.78, 5) is 11.0. The maximum absolute atomic E-state index is 11.0. The van der Waals surface area contributed by atoms with Crippen LogP contribution in [0.25, 0.3) is 0 Å². The summed E-state index contributed by atoms with van der Waals surface area (Å²) < 4.78 is 0. The summed E-state index contributed by atoms with van der Waals surface area (Å²) in [5.74, 6) is 0.0766. The van der Waals surface area contributed by atoms with E-state index in [1.807, 2.05) is 6.07 Å². The van der Waals surface area contributed by atoms with Crippen LogP contribution < -0.4 is 0 Å². The van der Waals surface area contributed by atoms with Crippen molar-refractivity contribution >= 4 is 21.7 Å². The molecule has 0 fully saturated rings. The molecule has 16 heavy (non-hydrogen) atoms. The number of alkyl halides is 1. The molecule has 88 valence electrons. The zero-order valence-corrected chi connectivity index (χ0v) is 10.6. The van der Waals surface area contributed by atoms with E-state index >= 15 is 0 Å². The topological polar surface area (TPSA) is 57.5 Å². The van der Waals surface area contributed by atoms with Gasteiger partial charge in [0.1, 0.15) is 11.9 Å². The van der Waals surface area contributed by atoms with Gasteiger partial charge in [-0.05, 0) is 18.1 Å². The van der Waals surface area contributed by atoms with Crippen LogP contribution in [0, 0.1) is 0 Å². The van der Waals surface area contributed by atoms with Gasteiger partial charge in [-0.25, -0.2) is 0 Å². The van der Waals surface area contributed by atoms with Crippen molar-refractivity contribution in [1.82, 2.24) is 0 Å². The van der Waals surface area contributed by atoms with Gasteiger partial charge in [0.05, 0.1) is 6.10 Å². The number of hydrogen-bond donors (Lipinski definition) is 2. The van der Waals surface area contributed by atoms with Crippen LogP contribution in [-0.2, 0) is 11.2 Å². The van der Waals surface area contributed by atoms with Gasteiger partial charge in [0.25, 0.3) is 0 Å². The number of carbonyl (C=O) groups excluding carboxylic acids is 1. The second kappa shape index (κ2) is 6.13. The van der Waals surface area contributed by atoms with Gasteiger partial charge < -0.3 is 10.2 Å². The Hall–Kier alpha value is -0.710. The average Bonchev–Trinajstić information content (AvgIpc) is 2.26. The first-order chi connectivity index (χ1) is 7.54. The van der Waals surface area contributed by atoms with E-state index in [-0.39, 0.29) is 5.78 Å². The lowest BCUT2D eigenvalue weighted by Crippen LogP contribution is -2.19. The molecular formula is C12H15BrO3. The van der Waals surface area contributed by atoms with Gasteiger partial charge in [-0.2, -0.15) is 0 Å². The van der Waals surface area contributed by atoms with E-state index in [9.17, 15) is 15.0 Å². The Morgan fingerprint density at radius 2 is 2.12 bits per heavy atom. The molecule has 0 amide bonds. The van der Waals surface area contributed by atoms with Crippen molar-refractivity contribution in [2.24, 2.45) is 0 Å². The minimum absolute atomic E-state index is 0.0766. The molecule has 0 spiro atoms. The molecule has 0 saturated carbocycles. The fourth-order valence-corrected chi connectivity index (χ4v) is 1.84. The highest BCUT2D eigenvalue weighted by Crippen LogP contribution is 2.19. The van der Waals surface area contributed by atoms with E-state index in [2.05, 4.69) is 15.9 Å². The van der Waals surface area contributed by atoms with E-state index in [1.165, 1.54) is 6.92 Å². The van der Waals surface area contributed by atoms with Crippen LogP contribution in [0.2, 0.25) is 0 Å². The largest absolute Gasteiger partial charge is 0.389 e. The number of hydrogen-bond acceptors (Lipinski definition) is 3. The first kappa shape index (κ1) is 13.4. The molecule has 0 aliphatic heterocycles. The summed E-state index contributed by atoms with van der Waals surface area (Å²) in [6.07, 6.45) is -1.41. The summed E-state index contributed by atoms with van der Waals surface area (Å²) in [5, 5.41) is 19.6. The normalized spacial score (nSPS) is 14.5. The molecule has 0 aliphatic carbocycles. The first-order valence-electron chi connectivity index (χ1n) is 5.05. The highest BCUT2D eigenvalue weighted by molar-refractivity contribution is 9.09. The van der Waals surface area contributed by atoms with Crippen molar-refractivity contribution in [2.75, 3.05) is 5.33 Å². The number of aliphatic hydroxyl groups excluding tert-OH is 2. The van der Waals surface area contributed by atoms with Crippen molar-refractivity contribution in [3.63, 3.8) is 0 Å². The molecule has 0 radical (unpaired) electrons. The predicted octanol–water partition coefficient (Wildman–Crippen LogP) is 1.61. The quantitative estimate of drug-likeness (QED) is 0.809. The van der Waals surface area contributed by atoms with Gasteiger partial charge >= 0.3 is 0 Å². The Labute approximate surface area is 103 Å². The first-order valence-corrected chi connectivity index (χ1v) is 6.17. The van der Waals surface area contributed by atoms with Crippen LogP contribution in [0.5, 0.6) is 0 Å². The number of halogens is 1. The van der Waals surface area contributed by atoms with E-state index in [0.29, 0.717) is 17.3 Å². The summed E-state index contributed by atoms with van der Waals surface area (Å²) in [6.45, 7) is 1.52. The average molecular weight is 287 g/mol. The zero-order chi connectivity index (χ0) is 12.1. The third-order valence-corrected chi connectivity index (χ3v) is 2.93. The molecule has 0 heterocycles. The molecule has 0 saturated heterocycles. The van der Waals surface area contributed by atoms with E-state index in [4.69, 9.17) is 0 Å². The Kier molecular flexibility index (Phi) is 5.12. The highest BCUT2D eigenvalue weighted by Gasteiger charge is 2.17. The number of Topliss-reactive ketones (excluding diaryl/α,β-unsaturated/α-hetero) is 1. The fraction of sp³-hybridized carbons (Fsp3) is 0.417. The molecular weight excluding hydrogens is 272 g/mol. The van der Waals surface area contributed by atoms with Crippen molar-refractivity contribution in [3.05, 3.63) is 35.4 Å². The van der Waals surface area contributed by atoms with E-state index in [1.54, 1.807) is 18.2 Å². The molecule has 1 aromatic carbocycles. The second-order valence-electron chi connectivity index (χ2n) is 3.79. The van der Waals surface area contributed by atoms with Crippen molar-refractivity contribution in [2.45, 2.75) is 25.6 Å². The molecule has 3 nitrogen and oxygen atoms in total. The van der Waals surface area contributed by atoms with Gasteiger partial charge in [-0.1, -0.05) is 40.2 Å².